The third kappa shape index (κ3) is 25.6. The highest BCUT2D eigenvalue weighted by Gasteiger charge is 2.37. The van der Waals surface area contributed by atoms with Gasteiger partial charge in [0.25, 0.3) is 0 Å². The van der Waals surface area contributed by atoms with Crippen molar-refractivity contribution in [2.24, 2.45) is 4.99 Å². The maximum Gasteiger partial charge on any atom is 0.305 e. The number of carbonyl (C=O) groups is 1. The molecule has 1 rings (SSSR count). The minimum Gasteiger partial charge on any atom is -0.478 e. The van der Waals surface area contributed by atoms with Gasteiger partial charge in [-0.3, -0.25) is 4.79 Å². The number of rotatable bonds is 35. The fourth-order valence-corrected chi connectivity index (χ4v) is 6.45. The highest BCUT2D eigenvalue weighted by molar-refractivity contribution is 5.78. The zero-order valence-corrected chi connectivity index (χ0v) is 30.4. The first kappa shape index (κ1) is 41.9. The zero-order valence-electron chi connectivity index (χ0n) is 30.4. The van der Waals surface area contributed by atoms with Crippen molar-refractivity contribution >= 4 is 11.9 Å². The second kappa shape index (κ2) is 31.5. The third-order valence-corrected chi connectivity index (χ3v) is 9.64. The summed E-state index contributed by atoms with van der Waals surface area (Å²) in [5, 5.41) is 9.99. The molecule has 45 heavy (non-hydrogen) atoms. The average molecular weight is 636 g/mol. The lowest BCUT2D eigenvalue weighted by Crippen LogP contribution is -2.39. The molecule has 1 atom stereocenters. The first-order valence-corrected chi connectivity index (χ1v) is 20.1. The molecular weight excluding hydrogens is 558 g/mol. The molecule has 0 saturated carbocycles. The number of ether oxygens (including phenoxy) is 2. The van der Waals surface area contributed by atoms with E-state index in [9.17, 15) is 9.90 Å². The van der Waals surface area contributed by atoms with E-state index >= 15 is 0 Å². The van der Waals surface area contributed by atoms with Crippen LogP contribution in [0.15, 0.2) is 4.99 Å². The van der Waals surface area contributed by atoms with Gasteiger partial charge in [-0.15, -0.1) is 0 Å². The Morgan fingerprint density at radius 3 is 1.33 bits per heavy atom. The number of unbranched alkanes of at least 4 members (excludes halogenated alkanes) is 28. The molecule has 1 N–H and O–H groups in total. The summed E-state index contributed by atoms with van der Waals surface area (Å²) in [7, 11) is 0. The summed E-state index contributed by atoms with van der Waals surface area (Å²) in [4.78, 5) is 17.0. The van der Waals surface area contributed by atoms with Gasteiger partial charge in [-0.05, 0) is 12.8 Å². The van der Waals surface area contributed by atoms with Gasteiger partial charge in [-0.2, -0.15) is 0 Å². The van der Waals surface area contributed by atoms with E-state index in [2.05, 4.69) is 18.8 Å². The van der Waals surface area contributed by atoms with E-state index in [0.717, 1.165) is 31.6 Å². The molecule has 0 saturated heterocycles. The summed E-state index contributed by atoms with van der Waals surface area (Å²) in [6.45, 7) is 4.83. The Bertz CT molecular complexity index is 681. The van der Waals surface area contributed by atoms with Crippen molar-refractivity contribution < 1.29 is 19.4 Å². The average Bonchev–Trinajstić information content (AvgIpc) is 3.47. The molecule has 266 valence electrons. The molecule has 0 radical (unpaired) electrons. The van der Waals surface area contributed by atoms with Crippen molar-refractivity contribution in [1.29, 1.82) is 0 Å². The number of aliphatic imine (C=N–C) groups is 1. The molecule has 0 aromatic heterocycles. The predicted molar refractivity (Wildman–Crippen MR) is 193 cm³/mol. The summed E-state index contributed by atoms with van der Waals surface area (Å²) in [6, 6.07) is 0. The molecule has 1 heterocycles. The zero-order chi connectivity index (χ0) is 32.5. The Kier molecular flexibility index (Phi) is 29.3. The summed E-state index contributed by atoms with van der Waals surface area (Å²) in [5.41, 5.74) is -0.810. The van der Waals surface area contributed by atoms with Crippen LogP contribution in [0.25, 0.3) is 0 Å². The van der Waals surface area contributed by atoms with Crippen LogP contribution in [0.1, 0.15) is 219 Å². The Hall–Kier alpha value is -1.10. The number of nitrogens with zero attached hydrogens (tertiary/aromatic N) is 1. The van der Waals surface area contributed by atoms with Gasteiger partial charge in [0.2, 0.25) is 0 Å². The van der Waals surface area contributed by atoms with E-state index in [4.69, 9.17) is 9.47 Å². The smallest absolute Gasteiger partial charge is 0.305 e. The summed E-state index contributed by atoms with van der Waals surface area (Å²) < 4.78 is 11.3. The van der Waals surface area contributed by atoms with Crippen molar-refractivity contribution in [3.05, 3.63) is 0 Å². The number of hydrogen-bond acceptors (Lipinski definition) is 5. The summed E-state index contributed by atoms with van der Waals surface area (Å²) >= 11 is 0. The molecule has 5 heteroatoms. The van der Waals surface area contributed by atoms with E-state index < -0.39 is 5.54 Å². The van der Waals surface area contributed by atoms with Crippen LogP contribution < -0.4 is 0 Å². The van der Waals surface area contributed by atoms with E-state index in [0.29, 0.717) is 13.0 Å². The topological polar surface area (TPSA) is 68.1 Å². The fraction of sp³-hybridized carbons (Fsp3) is 0.950. The molecular formula is C40H77NO4. The molecule has 0 fully saturated rings. The lowest BCUT2D eigenvalue weighted by molar-refractivity contribution is -0.146. The Morgan fingerprint density at radius 1 is 0.600 bits per heavy atom. The minimum atomic E-state index is -0.810. The van der Waals surface area contributed by atoms with Crippen LogP contribution in [0.3, 0.4) is 0 Å². The van der Waals surface area contributed by atoms with Gasteiger partial charge in [-0.25, -0.2) is 4.99 Å². The van der Waals surface area contributed by atoms with Crippen LogP contribution in [0.2, 0.25) is 0 Å². The van der Waals surface area contributed by atoms with Crippen LogP contribution in [-0.4, -0.2) is 42.3 Å². The second-order valence-corrected chi connectivity index (χ2v) is 14.2. The SMILES string of the molecule is CCCCCCCCCCCCCCCCCC(=O)OCC1(CO)COC(CCCCCCCCCCCCCCCCC)=N1. The summed E-state index contributed by atoms with van der Waals surface area (Å²) in [5.74, 6) is 0.542. The lowest BCUT2D eigenvalue weighted by atomic mass is 10.0. The van der Waals surface area contributed by atoms with Crippen LogP contribution in [0.5, 0.6) is 0 Å². The molecule has 0 amide bonds. The fourth-order valence-electron chi connectivity index (χ4n) is 6.45. The van der Waals surface area contributed by atoms with Crippen LogP contribution in [0.4, 0.5) is 0 Å². The van der Waals surface area contributed by atoms with Crippen molar-refractivity contribution in [1.82, 2.24) is 0 Å². The van der Waals surface area contributed by atoms with Crippen LogP contribution in [0, 0.1) is 0 Å². The van der Waals surface area contributed by atoms with Crippen molar-refractivity contribution in [3.63, 3.8) is 0 Å². The maximum absolute atomic E-state index is 12.3. The quantitative estimate of drug-likeness (QED) is 0.0555. The molecule has 0 aliphatic carbocycles. The van der Waals surface area contributed by atoms with Gasteiger partial charge in [-0.1, -0.05) is 194 Å². The summed E-state index contributed by atoms with van der Waals surface area (Å²) in [6.07, 6.45) is 41.2. The van der Waals surface area contributed by atoms with E-state index in [-0.39, 0.29) is 19.2 Å². The first-order valence-electron chi connectivity index (χ1n) is 20.1. The van der Waals surface area contributed by atoms with Gasteiger partial charge in [0.1, 0.15) is 13.2 Å². The van der Waals surface area contributed by atoms with Gasteiger partial charge >= 0.3 is 5.97 Å². The van der Waals surface area contributed by atoms with E-state index in [1.165, 1.54) is 173 Å². The van der Waals surface area contributed by atoms with Crippen LogP contribution >= 0.6 is 0 Å². The molecule has 0 spiro atoms. The first-order chi connectivity index (χ1) is 22.2. The van der Waals surface area contributed by atoms with Crippen molar-refractivity contribution in [2.75, 3.05) is 19.8 Å². The van der Waals surface area contributed by atoms with Gasteiger partial charge in [0.15, 0.2) is 11.4 Å². The van der Waals surface area contributed by atoms with E-state index in [1.54, 1.807) is 0 Å². The molecule has 1 unspecified atom stereocenters. The van der Waals surface area contributed by atoms with Crippen molar-refractivity contribution in [2.45, 2.75) is 225 Å². The predicted octanol–water partition coefficient (Wildman–Crippen LogP) is 12.2. The number of aliphatic hydroxyl groups is 1. The highest BCUT2D eigenvalue weighted by atomic mass is 16.5. The monoisotopic (exact) mass is 636 g/mol. The standard InChI is InChI=1S/C40H77NO4/c1-3-5-7-9-11-13-15-17-19-21-23-25-27-29-31-33-38-41-40(35-42,36-44-38)37-45-39(43)34-32-30-28-26-24-22-20-18-16-14-12-10-8-6-4-2/h42H,3-37H2,1-2H3. The molecule has 5 nitrogen and oxygen atoms in total. The van der Waals surface area contributed by atoms with Gasteiger partial charge < -0.3 is 14.6 Å². The normalized spacial score (nSPS) is 16.2. The Morgan fingerprint density at radius 2 is 0.956 bits per heavy atom. The van der Waals surface area contributed by atoms with Crippen molar-refractivity contribution in [3.8, 4) is 0 Å². The van der Waals surface area contributed by atoms with Gasteiger partial charge in [0.05, 0.1) is 6.61 Å². The Balaban J connectivity index is 1.94. The molecule has 0 aromatic carbocycles. The van der Waals surface area contributed by atoms with Crippen LogP contribution in [-0.2, 0) is 14.3 Å². The minimum absolute atomic E-state index is 0.115. The number of hydrogen-bond donors (Lipinski definition) is 1. The second-order valence-electron chi connectivity index (χ2n) is 14.2. The Labute approximate surface area is 280 Å². The highest BCUT2D eigenvalue weighted by Crippen LogP contribution is 2.23. The molecule has 1 aliphatic heterocycles. The van der Waals surface area contributed by atoms with Gasteiger partial charge in [0, 0.05) is 12.8 Å². The number of esters is 1. The number of carbonyl (C=O) groups excluding carboxylic acids is 1. The molecule has 0 aromatic rings. The molecule has 0 bridgehead atoms. The van der Waals surface area contributed by atoms with E-state index in [1.807, 2.05) is 0 Å². The molecule has 1 aliphatic rings. The number of aliphatic hydroxyl groups excluding tert-OH is 1. The maximum atomic E-state index is 12.3. The third-order valence-electron chi connectivity index (χ3n) is 9.64. The lowest BCUT2D eigenvalue weighted by Gasteiger charge is -2.20. The largest absolute Gasteiger partial charge is 0.478 e.